The molecule has 2 heterocycles. The van der Waals surface area contributed by atoms with Crippen molar-refractivity contribution in [2.24, 2.45) is 0 Å². The SMILES string of the molecule is CC1CN2C(=O)CN(C(=O)c3cc(F)ccc3C(F)(F)F)CC2c2ccccc21. The lowest BCUT2D eigenvalue weighted by molar-refractivity contribution is -0.139. The van der Waals surface area contributed by atoms with E-state index in [1.165, 1.54) is 0 Å². The fourth-order valence-electron chi connectivity index (χ4n) is 4.22. The van der Waals surface area contributed by atoms with Gasteiger partial charge in [-0.15, -0.1) is 0 Å². The zero-order valence-corrected chi connectivity index (χ0v) is 15.5. The van der Waals surface area contributed by atoms with Gasteiger partial charge in [0.05, 0.1) is 17.2 Å². The fraction of sp³-hybridized carbons (Fsp3) is 0.333. The molecule has 1 saturated heterocycles. The van der Waals surface area contributed by atoms with E-state index in [0.717, 1.165) is 16.0 Å². The first kappa shape index (κ1) is 19.4. The van der Waals surface area contributed by atoms with Crippen LogP contribution in [0.3, 0.4) is 0 Å². The second-order valence-electron chi connectivity index (χ2n) is 7.47. The minimum atomic E-state index is -4.81. The summed E-state index contributed by atoms with van der Waals surface area (Å²) < 4.78 is 53.6. The number of hydrogen-bond acceptors (Lipinski definition) is 2. The van der Waals surface area contributed by atoms with Gasteiger partial charge in [0, 0.05) is 13.1 Å². The number of carbonyl (C=O) groups is 2. The van der Waals surface area contributed by atoms with Crippen molar-refractivity contribution in [1.82, 2.24) is 9.80 Å². The van der Waals surface area contributed by atoms with Crippen molar-refractivity contribution < 1.29 is 27.2 Å². The van der Waals surface area contributed by atoms with Gasteiger partial charge in [-0.1, -0.05) is 31.2 Å². The van der Waals surface area contributed by atoms with E-state index in [-0.39, 0.29) is 24.9 Å². The van der Waals surface area contributed by atoms with Crippen LogP contribution >= 0.6 is 0 Å². The van der Waals surface area contributed by atoms with Gasteiger partial charge in [-0.25, -0.2) is 4.39 Å². The highest BCUT2D eigenvalue weighted by atomic mass is 19.4. The lowest BCUT2D eigenvalue weighted by Crippen LogP contribution is -2.56. The molecular weight excluding hydrogens is 388 g/mol. The maximum absolute atomic E-state index is 13.6. The van der Waals surface area contributed by atoms with Crippen LogP contribution in [-0.2, 0) is 11.0 Å². The Morgan fingerprint density at radius 2 is 1.76 bits per heavy atom. The monoisotopic (exact) mass is 406 g/mol. The molecule has 2 aliphatic heterocycles. The molecule has 0 aromatic heterocycles. The number of amides is 2. The number of rotatable bonds is 1. The van der Waals surface area contributed by atoms with Crippen LogP contribution in [-0.4, -0.2) is 41.2 Å². The third-order valence-corrected chi connectivity index (χ3v) is 5.58. The van der Waals surface area contributed by atoms with Gasteiger partial charge in [0.15, 0.2) is 0 Å². The van der Waals surface area contributed by atoms with Crippen LogP contribution in [0.2, 0.25) is 0 Å². The molecule has 2 unspecified atom stereocenters. The van der Waals surface area contributed by atoms with E-state index >= 15 is 0 Å². The predicted octanol–water partition coefficient (Wildman–Crippen LogP) is 3.99. The van der Waals surface area contributed by atoms with Crippen molar-refractivity contribution in [2.45, 2.75) is 25.1 Å². The third kappa shape index (κ3) is 3.36. The third-order valence-electron chi connectivity index (χ3n) is 5.58. The van der Waals surface area contributed by atoms with Crippen LogP contribution < -0.4 is 0 Å². The van der Waals surface area contributed by atoms with Crippen LogP contribution in [0.4, 0.5) is 17.6 Å². The highest BCUT2D eigenvalue weighted by Gasteiger charge is 2.42. The van der Waals surface area contributed by atoms with E-state index in [9.17, 15) is 27.2 Å². The van der Waals surface area contributed by atoms with Crippen LogP contribution in [0.25, 0.3) is 0 Å². The largest absolute Gasteiger partial charge is 0.417 e. The second-order valence-corrected chi connectivity index (χ2v) is 7.47. The Balaban J connectivity index is 1.71. The quantitative estimate of drug-likeness (QED) is 0.672. The van der Waals surface area contributed by atoms with E-state index in [1.54, 1.807) is 4.90 Å². The Labute approximate surface area is 164 Å². The number of benzene rings is 2. The number of nitrogens with zero attached hydrogens (tertiary/aromatic N) is 2. The number of piperazine rings is 1. The first-order valence-corrected chi connectivity index (χ1v) is 9.21. The van der Waals surface area contributed by atoms with E-state index in [1.807, 2.05) is 31.2 Å². The van der Waals surface area contributed by atoms with E-state index < -0.39 is 35.1 Å². The predicted molar refractivity (Wildman–Crippen MR) is 96.6 cm³/mol. The molecule has 2 aromatic rings. The molecule has 0 N–H and O–H groups in total. The van der Waals surface area contributed by atoms with E-state index in [2.05, 4.69) is 0 Å². The molecule has 0 bridgehead atoms. The van der Waals surface area contributed by atoms with Crippen LogP contribution in [0.1, 0.15) is 45.9 Å². The van der Waals surface area contributed by atoms with Crippen molar-refractivity contribution in [2.75, 3.05) is 19.6 Å². The van der Waals surface area contributed by atoms with Gasteiger partial charge in [0.2, 0.25) is 5.91 Å². The standard InChI is InChI=1S/C21H18F4N2O2/c1-12-9-27-18(15-5-3-2-4-14(12)15)10-26(11-19(27)28)20(29)16-8-13(22)6-7-17(16)21(23,24)25/h2-8,12,18H,9-11H2,1H3. The van der Waals surface area contributed by atoms with Gasteiger partial charge in [0.25, 0.3) is 5.91 Å². The number of hydrogen-bond donors (Lipinski definition) is 0. The van der Waals surface area contributed by atoms with Gasteiger partial charge in [-0.3, -0.25) is 9.59 Å². The zero-order chi connectivity index (χ0) is 20.9. The molecule has 8 heteroatoms. The summed E-state index contributed by atoms with van der Waals surface area (Å²) in [6.07, 6.45) is -4.81. The Morgan fingerprint density at radius 1 is 1.07 bits per heavy atom. The highest BCUT2D eigenvalue weighted by molar-refractivity contribution is 5.98. The van der Waals surface area contributed by atoms with Gasteiger partial charge >= 0.3 is 6.18 Å². The molecule has 0 spiro atoms. The Kier molecular flexibility index (Phi) is 4.59. The van der Waals surface area contributed by atoms with Gasteiger partial charge in [-0.2, -0.15) is 13.2 Å². The lowest BCUT2D eigenvalue weighted by Gasteiger charge is -2.46. The van der Waals surface area contributed by atoms with Crippen molar-refractivity contribution in [3.63, 3.8) is 0 Å². The molecule has 4 rings (SSSR count). The van der Waals surface area contributed by atoms with Crippen molar-refractivity contribution in [1.29, 1.82) is 0 Å². The number of alkyl halides is 3. The molecule has 2 atom stereocenters. The normalized spacial score (nSPS) is 21.6. The molecule has 0 saturated carbocycles. The maximum atomic E-state index is 13.6. The van der Waals surface area contributed by atoms with Gasteiger partial charge in [-0.05, 0) is 35.2 Å². The Morgan fingerprint density at radius 3 is 2.45 bits per heavy atom. The first-order valence-electron chi connectivity index (χ1n) is 9.21. The zero-order valence-electron chi connectivity index (χ0n) is 15.5. The minimum Gasteiger partial charge on any atom is -0.332 e. The molecule has 152 valence electrons. The average Bonchev–Trinajstić information content (AvgIpc) is 2.67. The fourth-order valence-corrected chi connectivity index (χ4v) is 4.22. The van der Waals surface area contributed by atoms with Crippen molar-refractivity contribution in [3.05, 3.63) is 70.5 Å². The first-order chi connectivity index (χ1) is 13.7. The van der Waals surface area contributed by atoms with Crippen LogP contribution in [0, 0.1) is 5.82 Å². The van der Waals surface area contributed by atoms with E-state index in [4.69, 9.17) is 0 Å². The molecule has 2 aromatic carbocycles. The average molecular weight is 406 g/mol. The Bertz CT molecular complexity index is 989. The summed E-state index contributed by atoms with van der Waals surface area (Å²) in [6.45, 7) is 2.21. The van der Waals surface area contributed by atoms with Crippen molar-refractivity contribution >= 4 is 11.8 Å². The summed E-state index contributed by atoms with van der Waals surface area (Å²) in [6, 6.07) is 8.91. The van der Waals surface area contributed by atoms with Crippen LogP contribution in [0.15, 0.2) is 42.5 Å². The summed E-state index contributed by atoms with van der Waals surface area (Å²) in [5.74, 6) is -2.15. The van der Waals surface area contributed by atoms with Crippen molar-refractivity contribution in [3.8, 4) is 0 Å². The summed E-state index contributed by atoms with van der Waals surface area (Å²) in [5.41, 5.74) is -0.0578. The highest BCUT2D eigenvalue weighted by Crippen LogP contribution is 2.39. The molecule has 2 amide bonds. The number of halogens is 4. The minimum absolute atomic E-state index is 0.0577. The Hall–Kier alpha value is -2.90. The summed E-state index contributed by atoms with van der Waals surface area (Å²) in [4.78, 5) is 28.4. The molecule has 2 aliphatic rings. The summed E-state index contributed by atoms with van der Waals surface area (Å²) in [5, 5.41) is 0. The topological polar surface area (TPSA) is 40.6 Å². The van der Waals surface area contributed by atoms with E-state index in [0.29, 0.717) is 24.7 Å². The van der Waals surface area contributed by atoms with Gasteiger partial charge < -0.3 is 9.80 Å². The number of fused-ring (bicyclic) bond motifs is 3. The van der Waals surface area contributed by atoms with Gasteiger partial charge in [0.1, 0.15) is 12.4 Å². The number of carbonyl (C=O) groups excluding carboxylic acids is 2. The molecule has 4 nitrogen and oxygen atoms in total. The van der Waals surface area contributed by atoms with Crippen LogP contribution in [0.5, 0.6) is 0 Å². The molecule has 0 aliphatic carbocycles. The molecular formula is C21H18F4N2O2. The smallest absolute Gasteiger partial charge is 0.332 e. The molecule has 1 fully saturated rings. The summed E-state index contributed by atoms with van der Waals surface area (Å²) >= 11 is 0. The maximum Gasteiger partial charge on any atom is 0.417 e. The lowest BCUT2D eigenvalue weighted by atomic mass is 9.85. The molecule has 0 radical (unpaired) electrons. The second kappa shape index (κ2) is 6.86. The summed E-state index contributed by atoms with van der Waals surface area (Å²) in [7, 11) is 0. The molecule has 29 heavy (non-hydrogen) atoms.